The number of alkyl halides is 3. The van der Waals surface area contributed by atoms with E-state index in [4.69, 9.17) is 23.2 Å². The molecule has 1 amide bonds. The maximum atomic E-state index is 12.9. The van der Waals surface area contributed by atoms with Gasteiger partial charge >= 0.3 is 12.1 Å². The van der Waals surface area contributed by atoms with Gasteiger partial charge in [-0.1, -0.05) is 35.3 Å². The third-order valence-electron chi connectivity index (χ3n) is 3.67. The van der Waals surface area contributed by atoms with E-state index < -0.39 is 57.9 Å². The zero-order valence-electron chi connectivity index (χ0n) is 15.0. The van der Waals surface area contributed by atoms with Crippen molar-refractivity contribution in [3.05, 3.63) is 58.1 Å². The largest absolute Gasteiger partial charge is 0.456 e. The molecule has 162 valence electrons. The summed E-state index contributed by atoms with van der Waals surface area (Å²) in [7, 11) is -3.96. The van der Waals surface area contributed by atoms with Gasteiger partial charge in [0.05, 0.1) is 33.3 Å². The van der Waals surface area contributed by atoms with Crippen molar-refractivity contribution in [3.8, 4) is 0 Å². The number of carbonyl (C=O) groups is 2. The lowest BCUT2D eigenvalue weighted by Crippen LogP contribution is -2.23. The van der Waals surface area contributed by atoms with Crippen LogP contribution < -0.4 is 5.32 Å². The third-order valence-corrected chi connectivity index (χ3v) is 6.10. The van der Waals surface area contributed by atoms with Gasteiger partial charge in [-0.3, -0.25) is 9.59 Å². The molecule has 0 radical (unpaired) electrons. The minimum absolute atomic E-state index is 0.0736. The smallest absolute Gasteiger partial charge is 0.418 e. The Hall–Kier alpha value is -2.30. The molecule has 0 bridgehead atoms. The van der Waals surface area contributed by atoms with Crippen molar-refractivity contribution in [1.82, 2.24) is 0 Å². The number of amides is 1. The summed E-state index contributed by atoms with van der Waals surface area (Å²) in [5.41, 5.74) is -1.56. The average Bonchev–Trinajstić information content (AvgIpc) is 2.66. The van der Waals surface area contributed by atoms with Crippen LogP contribution in [-0.2, 0) is 30.3 Å². The Morgan fingerprint density at radius 3 is 2.40 bits per heavy atom. The fraction of sp³-hybridized carbons (Fsp3) is 0.222. The molecule has 0 aliphatic carbocycles. The molecule has 2 rings (SSSR count). The van der Waals surface area contributed by atoms with Crippen LogP contribution in [0.25, 0.3) is 0 Å². The van der Waals surface area contributed by atoms with E-state index in [0.717, 1.165) is 24.3 Å². The molecular formula is C18H14Cl2F3NO5S. The topological polar surface area (TPSA) is 89.5 Å². The van der Waals surface area contributed by atoms with E-state index in [1.54, 1.807) is 0 Å². The van der Waals surface area contributed by atoms with Crippen molar-refractivity contribution in [1.29, 1.82) is 0 Å². The number of hydrogen-bond donors (Lipinski definition) is 1. The molecule has 0 spiro atoms. The van der Waals surface area contributed by atoms with E-state index in [1.165, 1.54) is 18.2 Å². The molecule has 12 heteroatoms. The first-order valence-corrected chi connectivity index (χ1v) is 10.6. The highest BCUT2D eigenvalue weighted by molar-refractivity contribution is 7.91. The minimum Gasteiger partial charge on any atom is -0.456 e. The molecule has 0 atom stereocenters. The van der Waals surface area contributed by atoms with Gasteiger partial charge in [0.15, 0.2) is 16.4 Å². The Kier molecular flexibility index (Phi) is 7.73. The van der Waals surface area contributed by atoms with E-state index in [1.807, 2.05) is 5.32 Å². The summed E-state index contributed by atoms with van der Waals surface area (Å²) in [5, 5.41) is 2.06. The van der Waals surface area contributed by atoms with E-state index in [2.05, 4.69) is 4.74 Å². The Bertz CT molecular complexity index is 1060. The lowest BCUT2D eigenvalue weighted by atomic mass is 10.1. The number of anilines is 1. The van der Waals surface area contributed by atoms with Crippen LogP contribution in [0.2, 0.25) is 10.0 Å². The van der Waals surface area contributed by atoms with Crippen molar-refractivity contribution in [2.75, 3.05) is 17.7 Å². The standard InChI is InChI=1S/C18H14Cl2F3NO5S/c19-11-5-6-13(20)15(9-11)30(27,28)8-7-17(26)29-10-16(25)24-14-4-2-1-3-12(14)18(21,22)23/h1-6,9H,7-8,10H2,(H,24,25). The first-order chi connectivity index (χ1) is 13.9. The van der Waals surface area contributed by atoms with Crippen LogP contribution in [-0.4, -0.2) is 32.7 Å². The number of para-hydroxylation sites is 1. The third kappa shape index (κ3) is 6.61. The molecule has 0 saturated carbocycles. The van der Waals surface area contributed by atoms with Crippen LogP contribution in [0.1, 0.15) is 12.0 Å². The summed E-state index contributed by atoms with van der Waals surface area (Å²) in [6.07, 6.45) is -5.28. The van der Waals surface area contributed by atoms with E-state index in [9.17, 15) is 31.2 Å². The minimum atomic E-state index is -4.68. The molecule has 0 heterocycles. The summed E-state index contributed by atoms with van der Waals surface area (Å²) in [6, 6.07) is 8.10. The highest BCUT2D eigenvalue weighted by Gasteiger charge is 2.33. The summed E-state index contributed by atoms with van der Waals surface area (Å²) in [6.45, 7) is -0.886. The Morgan fingerprint density at radius 1 is 1.07 bits per heavy atom. The van der Waals surface area contributed by atoms with E-state index >= 15 is 0 Å². The lowest BCUT2D eigenvalue weighted by molar-refractivity contribution is -0.147. The summed E-state index contributed by atoms with van der Waals surface area (Å²) < 4.78 is 67.9. The van der Waals surface area contributed by atoms with Crippen molar-refractivity contribution in [3.63, 3.8) is 0 Å². The number of rotatable bonds is 7. The van der Waals surface area contributed by atoms with Crippen LogP contribution in [0.4, 0.5) is 18.9 Å². The van der Waals surface area contributed by atoms with Crippen LogP contribution in [0.15, 0.2) is 47.4 Å². The SMILES string of the molecule is O=C(COC(=O)CCS(=O)(=O)c1cc(Cl)ccc1Cl)Nc1ccccc1C(F)(F)F. The normalized spacial score (nSPS) is 11.8. The Balaban J connectivity index is 1.91. The number of esters is 1. The number of halogens is 5. The second kappa shape index (κ2) is 9.67. The molecule has 6 nitrogen and oxygen atoms in total. The van der Waals surface area contributed by atoms with Gasteiger partial charge in [-0.25, -0.2) is 8.42 Å². The average molecular weight is 484 g/mol. The summed E-state index contributed by atoms with van der Waals surface area (Å²) >= 11 is 11.6. The second-order valence-electron chi connectivity index (χ2n) is 5.90. The number of ether oxygens (including phenoxy) is 1. The van der Waals surface area contributed by atoms with Gasteiger partial charge in [-0.05, 0) is 30.3 Å². The fourth-order valence-corrected chi connectivity index (χ4v) is 4.32. The van der Waals surface area contributed by atoms with E-state index in [0.29, 0.717) is 0 Å². The quantitative estimate of drug-likeness (QED) is 0.591. The second-order valence-corrected chi connectivity index (χ2v) is 8.82. The maximum Gasteiger partial charge on any atom is 0.418 e. The first-order valence-electron chi connectivity index (χ1n) is 8.19. The van der Waals surface area contributed by atoms with Crippen molar-refractivity contribution in [2.24, 2.45) is 0 Å². The monoisotopic (exact) mass is 483 g/mol. The number of nitrogens with one attached hydrogen (secondary N) is 1. The molecule has 30 heavy (non-hydrogen) atoms. The molecule has 0 aromatic heterocycles. The Labute approximate surface area is 179 Å². The molecular weight excluding hydrogens is 470 g/mol. The fourth-order valence-electron chi connectivity index (χ4n) is 2.29. The van der Waals surface area contributed by atoms with Crippen LogP contribution >= 0.6 is 23.2 Å². The Morgan fingerprint density at radius 2 is 1.73 bits per heavy atom. The highest BCUT2D eigenvalue weighted by Crippen LogP contribution is 2.34. The molecule has 0 aliphatic rings. The molecule has 0 unspecified atom stereocenters. The van der Waals surface area contributed by atoms with Gasteiger partial charge in [0, 0.05) is 5.02 Å². The van der Waals surface area contributed by atoms with Crippen molar-refractivity contribution < 1.29 is 35.9 Å². The van der Waals surface area contributed by atoms with Gasteiger partial charge in [0.25, 0.3) is 5.91 Å². The highest BCUT2D eigenvalue weighted by atomic mass is 35.5. The number of carbonyl (C=O) groups excluding carboxylic acids is 2. The van der Waals surface area contributed by atoms with Crippen LogP contribution in [0, 0.1) is 0 Å². The molecule has 2 aromatic rings. The predicted molar refractivity (Wildman–Crippen MR) is 104 cm³/mol. The van der Waals surface area contributed by atoms with Gasteiger partial charge in [0.2, 0.25) is 0 Å². The zero-order chi connectivity index (χ0) is 22.5. The number of hydrogen-bond acceptors (Lipinski definition) is 5. The lowest BCUT2D eigenvalue weighted by Gasteiger charge is -2.13. The molecule has 0 aliphatic heterocycles. The number of sulfone groups is 1. The molecule has 2 aromatic carbocycles. The first kappa shape index (κ1) is 24.0. The summed E-state index contributed by atoms with van der Waals surface area (Å²) in [4.78, 5) is 23.3. The van der Waals surface area contributed by atoms with Gasteiger partial charge in [0.1, 0.15) is 0 Å². The van der Waals surface area contributed by atoms with Gasteiger partial charge < -0.3 is 10.1 Å². The van der Waals surface area contributed by atoms with Crippen molar-refractivity contribution >= 4 is 50.6 Å². The zero-order valence-corrected chi connectivity index (χ0v) is 17.3. The van der Waals surface area contributed by atoms with Crippen LogP contribution in [0.5, 0.6) is 0 Å². The number of benzene rings is 2. The van der Waals surface area contributed by atoms with Gasteiger partial charge in [-0.2, -0.15) is 13.2 Å². The van der Waals surface area contributed by atoms with Gasteiger partial charge in [-0.15, -0.1) is 0 Å². The molecule has 1 N–H and O–H groups in total. The molecule has 0 fully saturated rings. The van der Waals surface area contributed by atoms with E-state index in [-0.39, 0.29) is 14.9 Å². The van der Waals surface area contributed by atoms with Crippen LogP contribution in [0.3, 0.4) is 0 Å². The molecule has 0 saturated heterocycles. The van der Waals surface area contributed by atoms with Crippen molar-refractivity contribution in [2.45, 2.75) is 17.5 Å². The maximum absolute atomic E-state index is 12.9. The summed E-state index contributed by atoms with van der Waals surface area (Å²) in [5.74, 6) is -2.71. The predicted octanol–water partition coefficient (Wildman–Crippen LogP) is 4.36.